The van der Waals surface area contributed by atoms with Gasteiger partial charge in [-0.1, -0.05) is 17.7 Å². The number of halogens is 1. The summed E-state index contributed by atoms with van der Waals surface area (Å²) in [6, 6.07) is 9.05. The van der Waals surface area contributed by atoms with Crippen molar-refractivity contribution < 1.29 is 9.53 Å². The number of hydrogen-bond donors (Lipinski definition) is 1. The van der Waals surface area contributed by atoms with Crippen molar-refractivity contribution >= 4 is 17.5 Å². The van der Waals surface area contributed by atoms with Gasteiger partial charge >= 0.3 is 0 Å². The van der Waals surface area contributed by atoms with Crippen LogP contribution in [-0.2, 0) is 11.3 Å². The molecule has 0 unspecified atom stereocenters. The minimum Gasteiger partial charge on any atom is -0.481 e. The van der Waals surface area contributed by atoms with Crippen LogP contribution in [-0.4, -0.2) is 26.5 Å². The Hall–Kier alpha value is -2.86. The van der Waals surface area contributed by atoms with E-state index in [4.69, 9.17) is 16.3 Å². The average molecular weight is 371 g/mol. The molecule has 1 aromatic carbocycles. The molecule has 0 radical (unpaired) electrons. The van der Waals surface area contributed by atoms with Gasteiger partial charge < -0.3 is 10.1 Å². The molecule has 0 bridgehead atoms. The molecule has 2 aromatic heterocycles. The van der Waals surface area contributed by atoms with Gasteiger partial charge in [0.1, 0.15) is 17.9 Å². The molecule has 0 aliphatic carbocycles. The highest BCUT2D eigenvalue weighted by atomic mass is 35.5. The largest absolute Gasteiger partial charge is 0.481 e. The van der Waals surface area contributed by atoms with E-state index in [1.54, 1.807) is 48.4 Å². The summed E-state index contributed by atoms with van der Waals surface area (Å²) in [6.07, 6.45) is 6.23. The number of benzene rings is 1. The van der Waals surface area contributed by atoms with E-state index in [1.165, 1.54) is 0 Å². The van der Waals surface area contributed by atoms with E-state index in [1.807, 2.05) is 25.3 Å². The normalized spacial score (nSPS) is 11.8. The zero-order valence-corrected chi connectivity index (χ0v) is 15.3. The van der Waals surface area contributed by atoms with Crippen LogP contribution in [0.4, 0.5) is 0 Å². The van der Waals surface area contributed by atoms with Crippen molar-refractivity contribution in [1.29, 1.82) is 0 Å². The number of pyridine rings is 1. The monoisotopic (exact) mass is 370 g/mol. The van der Waals surface area contributed by atoms with Crippen molar-refractivity contribution in [1.82, 2.24) is 19.9 Å². The maximum absolute atomic E-state index is 12.4. The second kappa shape index (κ2) is 8.01. The highest BCUT2D eigenvalue weighted by molar-refractivity contribution is 6.30. The number of aryl methyl sites for hydroxylation is 1. The van der Waals surface area contributed by atoms with Crippen molar-refractivity contribution in [2.45, 2.75) is 26.5 Å². The molecule has 7 heteroatoms. The van der Waals surface area contributed by atoms with Gasteiger partial charge in [0.15, 0.2) is 6.10 Å². The molecule has 1 N–H and O–H groups in total. The molecule has 6 nitrogen and oxygen atoms in total. The molecule has 2 heterocycles. The number of amides is 1. The zero-order valence-electron chi connectivity index (χ0n) is 14.5. The lowest BCUT2D eigenvalue weighted by Gasteiger charge is -2.17. The minimum atomic E-state index is -0.636. The zero-order chi connectivity index (χ0) is 18.5. The Morgan fingerprint density at radius 1 is 1.35 bits per heavy atom. The van der Waals surface area contributed by atoms with Crippen LogP contribution in [0.25, 0.3) is 5.82 Å². The maximum atomic E-state index is 12.4. The van der Waals surface area contributed by atoms with Crippen LogP contribution >= 0.6 is 11.6 Å². The number of rotatable bonds is 6. The summed E-state index contributed by atoms with van der Waals surface area (Å²) in [5.41, 5.74) is 1.76. The van der Waals surface area contributed by atoms with Gasteiger partial charge in [-0.2, -0.15) is 0 Å². The van der Waals surface area contributed by atoms with Crippen LogP contribution in [0.15, 0.2) is 55.2 Å². The van der Waals surface area contributed by atoms with E-state index >= 15 is 0 Å². The van der Waals surface area contributed by atoms with Gasteiger partial charge in [0.25, 0.3) is 5.91 Å². The van der Waals surface area contributed by atoms with Crippen LogP contribution in [0, 0.1) is 6.92 Å². The van der Waals surface area contributed by atoms with Gasteiger partial charge in [-0.05, 0) is 43.7 Å². The first-order valence-corrected chi connectivity index (χ1v) is 8.55. The van der Waals surface area contributed by atoms with Gasteiger partial charge in [0.05, 0.1) is 0 Å². The molecule has 0 aliphatic heterocycles. The number of imidazole rings is 1. The molecule has 134 valence electrons. The molecule has 0 fully saturated rings. The number of carbonyl (C=O) groups excluding carboxylic acids is 1. The van der Waals surface area contributed by atoms with Crippen LogP contribution in [0.3, 0.4) is 0 Å². The Morgan fingerprint density at radius 3 is 2.92 bits per heavy atom. The first-order valence-electron chi connectivity index (χ1n) is 8.17. The third-order valence-electron chi connectivity index (χ3n) is 3.88. The van der Waals surface area contributed by atoms with E-state index in [0.717, 1.165) is 16.9 Å². The summed E-state index contributed by atoms with van der Waals surface area (Å²) in [7, 11) is 0. The Bertz CT molecular complexity index is 896. The molecule has 0 spiro atoms. The van der Waals surface area contributed by atoms with E-state index < -0.39 is 6.10 Å². The lowest BCUT2D eigenvalue weighted by Crippen LogP contribution is -2.36. The minimum absolute atomic E-state index is 0.209. The lowest BCUT2D eigenvalue weighted by atomic mass is 10.2. The van der Waals surface area contributed by atoms with Crippen LogP contribution < -0.4 is 10.1 Å². The third-order valence-corrected chi connectivity index (χ3v) is 4.11. The average Bonchev–Trinajstić information content (AvgIpc) is 3.16. The number of carbonyl (C=O) groups is 1. The number of nitrogens with one attached hydrogen (secondary N) is 1. The predicted octanol–water partition coefficient (Wildman–Crippen LogP) is 3.31. The van der Waals surface area contributed by atoms with Gasteiger partial charge in [-0.15, -0.1) is 0 Å². The molecule has 26 heavy (non-hydrogen) atoms. The highest BCUT2D eigenvalue weighted by Crippen LogP contribution is 2.22. The second-order valence-corrected chi connectivity index (χ2v) is 6.28. The molecule has 3 aromatic rings. The fraction of sp³-hybridized carbons (Fsp3) is 0.211. The molecule has 1 atom stereocenters. The number of hydrogen-bond acceptors (Lipinski definition) is 4. The Kier molecular flexibility index (Phi) is 5.53. The number of nitrogens with zero attached hydrogens (tertiary/aromatic N) is 3. The number of aromatic nitrogens is 3. The van der Waals surface area contributed by atoms with Gasteiger partial charge in [-0.25, -0.2) is 9.97 Å². The quantitative estimate of drug-likeness (QED) is 0.722. The second-order valence-electron chi connectivity index (χ2n) is 5.84. The smallest absolute Gasteiger partial charge is 0.261 e. The van der Waals surface area contributed by atoms with Gasteiger partial charge in [0, 0.05) is 35.7 Å². The fourth-order valence-electron chi connectivity index (χ4n) is 2.50. The summed E-state index contributed by atoms with van der Waals surface area (Å²) in [4.78, 5) is 20.8. The van der Waals surface area contributed by atoms with Crippen molar-refractivity contribution in [3.63, 3.8) is 0 Å². The third kappa shape index (κ3) is 4.21. The summed E-state index contributed by atoms with van der Waals surface area (Å²) in [5.74, 6) is 1.16. The molecule has 0 saturated heterocycles. The first kappa shape index (κ1) is 17.9. The molecular formula is C19H19ClN4O2. The summed E-state index contributed by atoms with van der Waals surface area (Å²) in [5, 5.41) is 3.52. The summed E-state index contributed by atoms with van der Waals surface area (Å²) in [6.45, 7) is 3.94. The SMILES string of the molecule is Cc1cc(Cl)ccc1O[C@H](C)C(=O)NCc1cccnc1-n1ccnc1. The van der Waals surface area contributed by atoms with E-state index in [2.05, 4.69) is 15.3 Å². The molecule has 0 saturated carbocycles. The lowest BCUT2D eigenvalue weighted by molar-refractivity contribution is -0.127. The first-order chi connectivity index (χ1) is 12.5. The standard InChI is InChI=1S/C19H19ClN4O2/c1-13-10-16(20)5-6-17(13)26-14(2)19(25)23-11-15-4-3-7-22-18(15)24-9-8-21-12-24/h3-10,12,14H,11H2,1-2H3,(H,23,25)/t14-/m1/s1. The van der Waals surface area contributed by atoms with Crippen molar-refractivity contribution in [3.05, 3.63) is 71.4 Å². The topological polar surface area (TPSA) is 69.0 Å². The summed E-state index contributed by atoms with van der Waals surface area (Å²) < 4.78 is 7.56. The van der Waals surface area contributed by atoms with Crippen molar-refractivity contribution in [3.8, 4) is 11.6 Å². The molecule has 3 rings (SSSR count). The Morgan fingerprint density at radius 2 is 2.19 bits per heavy atom. The van der Waals surface area contributed by atoms with E-state index in [0.29, 0.717) is 17.3 Å². The highest BCUT2D eigenvalue weighted by Gasteiger charge is 2.16. The fourth-order valence-corrected chi connectivity index (χ4v) is 2.73. The van der Waals surface area contributed by atoms with Gasteiger partial charge in [0.2, 0.25) is 0 Å². The van der Waals surface area contributed by atoms with E-state index in [-0.39, 0.29) is 5.91 Å². The van der Waals surface area contributed by atoms with Gasteiger partial charge in [-0.3, -0.25) is 9.36 Å². The Labute approximate surface area is 156 Å². The molecule has 1 amide bonds. The van der Waals surface area contributed by atoms with Crippen molar-refractivity contribution in [2.75, 3.05) is 0 Å². The van der Waals surface area contributed by atoms with Crippen LogP contribution in [0.1, 0.15) is 18.1 Å². The van der Waals surface area contributed by atoms with E-state index in [9.17, 15) is 4.79 Å². The van der Waals surface area contributed by atoms with Crippen LogP contribution in [0.5, 0.6) is 5.75 Å². The molecule has 0 aliphatic rings. The summed E-state index contributed by atoms with van der Waals surface area (Å²) >= 11 is 5.94. The Balaban J connectivity index is 1.64. The molecular weight excluding hydrogens is 352 g/mol. The van der Waals surface area contributed by atoms with Crippen molar-refractivity contribution in [2.24, 2.45) is 0 Å². The van der Waals surface area contributed by atoms with Crippen LogP contribution in [0.2, 0.25) is 5.02 Å². The predicted molar refractivity (Wildman–Crippen MR) is 99.5 cm³/mol. The maximum Gasteiger partial charge on any atom is 0.261 e. The number of ether oxygens (including phenoxy) is 1.